The van der Waals surface area contributed by atoms with Crippen molar-refractivity contribution in [1.29, 1.82) is 0 Å². The van der Waals surface area contributed by atoms with Crippen LogP contribution in [0.1, 0.15) is 61.9 Å². The number of aliphatic hydroxyl groups excluding tert-OH is 1. The number of amides is 1. The predicted octanol–water partition coefficient (Wildman–Crippen LogP) is 3.45. The Morgan fingerprint density at radius 1 is 1.09 bits per heavy atom. The summed E-state index contributed by atoms with van der Waals surface area (Å²) in [6, 6.07) is 7.08. The summed E-state index contributed by atoms with van der Waals surface area (Å²) in [5.74, 6) is 1.85. The number of rotatable bonds is 4. The lowest BCUT2D eigenvalue weighted by molar-refractivity contribution is -0.118. The first-order valence-corrected chi connectivity index (χ1v) is 12.4. The molecule has 3 heterocycles. The quantitative estimate of drug-likeness (QED) is 0.771. The molecule has 1 aliphatic carbocycles. The van der Waals surface area contributed by atoms with Gasteiger partial charge in [0.05, 0.1) is 12.3 Å². The smallest absolute Gasteiger partial charge is 0.228 e. The van der Waals surface area contributed by atoms with E-state index in [-0.39, 0.29) is 12.0 Å². The zero-order valence-corrected chi connectivity index (χ0v) is 19.8. The van der Waals surface area contributed by atoms with Gasteiger partial charge < -0.3 is 19.8 Å². The topological polar surface area (TPSA) is 72.8 Å². The van der Waals surface area contributed by atoms with Crippen LogP contribution in [0.15, 0.2) is 24.4 Å². The van der Waals surface area contributed by atoms with Crippen molar-refractivity contribution in [2.75, 3.05) is 41.4 Å². The molecule has 1 aromatic heterocycles. The number of carbonyl (C=O) groups excluding carboxylic acids is 1. The summed E-state index contributed by atoms with van der Waals surface area (Å²) in [7, 11) is 1.84. The lowest BCUT2D eigenvalue weighted by atomic mass is 10.0. The number of benzene rings is 1. The Bertz CT molecular complexity index is 1010. The van der Waals surface area contributed by atoms with Gasteiger partial charge in [0.25, 0.3) is 0 Å². The van der Waals surface area contributed by atoms with Gasteiger partial charge in [-0.3, -0.25) is 4.79 Å². The van der Waals surface area contributed by atoms with Crippen molar-refractivity contribution in [3.05, 3.63) is 41.3 Å². The number of piperidine rings is 1. The van der Waals surface area contributed by atoms with Crippen molar-refractivity contribution >= 4 is 23.1 Å². The van der Waals surface area contributed by atoms with Crippen molar-refractivity contribution in [2.24, 2.45) is 0 Å². The third kappa shape index (κ3) is 4.56. The zero-order chi connectivity index (χ0) is 22.9. The standard InChI is InChI=1S/C26H35N5O2/c1-18-15-21(30-12-9-22(32)10-13-30)8-7-19(18)16-24-27-17-23-26(28-24)31(20-5-3-4-6-20)14-11-25(33)29(23)2/h7-8,15,17,20,22,32H,3-6,9-14,16H2,1-2H3. The number of aromatic nitrogens is 2. The molecule has 1 saturated heterocycles. The molecule has 0 unspecified atom stereocenters. The fourth-order valence-corrected chi connectivity index (χ4v) is 5.50. The minimum atomic E-state index is -0.162. The third-order valence-electron chi connectivity index (χ3n) is 7.64. The summed E-state index contributed by atoms with van der Waals surface area (Å²) in [5, 5.41) is 9.79. The second-order valence-corrected chi connectivity index (χ2v) is 9.84. The molecule has 1 saturated carbocycles. The Kier molecular flexibility index (Phi) is 6.23. The lowest BCUT2D eigenvalue weighted by Gasteiger charge is -2.32. The normalized spacial score (nSPS) is 20.3. The highest BCUT2D eigenvalue weighted by Crippen LogP contribution is 2.35. The largest absolute Gasteiger partial charge is 0.393 e. The van der Waals surface area contributed by atoms with Crippen LogP contribution >= 0.6 is 0 Å². The van der Waals surface area contributed by atoms with E-state index in [0.717, 1.165) is 49.8 Å². The van der Waals surface area contributed by atoms with Crippen molar-refractivity contribution in [1.82, 2.24) is 9.97 Å². The van der Waals surface area contributed by atoms with Crippen LogP contribution in [0.5, 0.6) is 0 Å². The second kappa shape index (κ2) is 9.29. The molecule has 33 heavy (non-hydrogen) atoms. The fourth-order valence-electron chi connectivity index (χ4n) is 5.50. The SMILES string of the molecule is Cc1cc(N2CCC(O)CC2)ccc1Cc1ncc2c(n1)N(C1CCCC1)CCC(=O)N2C. The van der Waals surface area contributed by atoms with Crippen LogP contribution in [0.4, 0.5) is 17.2 Å². The van der Waals surface area contributed by atoms with Crippen LogP contribution in [0, 0.1) is 6.92 Å². The van der Waals surface area contributed by atoms with Gasteiger partial charge in [-0.1, -0.05) is 18.9 Å². The minimum absolute atomic E-state index is 0.129. The second-order valence-electron chi connectivity index (χ2n) is 9.84. The highest BCUT2D eigenvalue weighted by Gasteiger charge is 2.31. The van der Waals surface area contributed by atoms with Crippen LogP contribution < -0.4 is 14.7 Å². The van der Waals surface area contributed by atoms with Crippen LogP contribution in [0.25, 0.3) is 0 Å². The van der Waals surface area contributed by atoms with Gasteiger partial charge in [-0.2, -0.15) is 0 Å². The van der Waals surface area contributed by atoms with Gasteiger partial charge in [0, 0.05) is 51.3 Å². The number of nitrogens with zero attached hydrogens (tertiary/aromatic N) is 5. The van der Waals surface area contributed by atoms with Gasteiger partial charge in [0.1, 0.15) is 11.5 Å². The molecule has 1 aromatic carbocycles. The summed E-state index contributed by atoms with van der Waals surface area (Å²) in [4.78, 5) is 28.7. The minimum Gasteiger partial charge on any atom is -0.393 e. The highest BCUT2D eigenvalue weighted by molar-refractivity contribution is 5.97. The van der Waals surface area contributed by atoms with Crippen molar-refractivity contribution in [3.63, 3.8) is 0 Å². The molecular formula is C26H35N5O2. The Hall–Kier alpha value is -2.67. The van der Waals surface area contributed by atoms with Crippen molar-refractivity contribution in [3.8, 4) is 0 Å². The predicted molar refractivity (Wildman–Crippen MR) is 131 cm³/mol. The van der Waals surface area contributed by atoms with E-state index in [2.05, 4.69) is 39.9 Å². The van der Waals surface area contributed by atoms with Crippen molar-refractivity contribution in [2.45, 2.75) is 70.4 Å². The van der Waals surface area contributed by atoms with Gasteiger partial charge in [-0.05, 0) is 55.9 Å². The van der Waals surface area contributed by atoms with E-state index >= 15 is 0 Å². The van der Waals surface area contributed by atoms with E-state index in [1.165, 1.54) is 42.5 Å². The molecule has 2 aliphatic heterocycles. The van der Waals surface area contributed by atoms with E-state index in [1.54, 1.807) is 4.90 Å². The van der Waals surface area contributed by atoms with E-state index in [1.807, 2.05) is 13.2 Å². The Morgan fingerprint density at radius 2 is 1.85 bits per heavy atom. The number of aliphatic hydroxyl groups is 1. The highest BCUT2D eigenvalue weighted by atomic mass is 16.3. The first-order valence-electron chi connectivity index (χ1n) is 12.4. The first-order chi connectivity index (χ1) is 16.0. The number of hydrogen-bond donors (Lipinski definition) is 1. The monoisotopic (exact) mass is 449 g/mol. The van der Waals surface area contributed by atoms with Gasteiger partial charge in [0.2, 0.25) is 5.91 Å². The van der Waals surface area contributed by atoms with Crippen LogP contribution in [0.3, 0.4) is 0 Å². The molecule has 3 aliphatic rings. The van der Waals surface area contributed by atoms with E-state index in [0.29, 0.717) is 18.9 Å². The molecule has 1 N–H and O–H groups in total. The molecule has 5 rings (SSSR count). The summed E-state index contributed by atoms with van der Waals surface area (Å²) >= 11 is 0. The number of fused-ring (bicyclic) bond motifs is 1. The van der Waals surface area contributed by atoms with Crippen LogP contribution in [-0.4, -0.2) is 59.8 Å². The third-order valence-corrected chi connectivity index (χ3v) is 7.64. The fraction of sp³-hybridized carbons (Fsp3) is 0.577. The van der Waals surface area contributed by atoms with E-state index < -0.39 is 0 Å². The zero-order valence-electron chi connectivity index (χ0n) is 19.8. The molecule has 7 heteroatoms. The number of aryl methyl sites for hydroxylation is 1. The average Bonchev–Trinajstić information content (AvgIpc) is 3.31. The molecule has 2 aromatic rings. The summed E-state index contributed by atoms with van der Waals surface area (Å²) in [6.07, 6.45) is 9.38. The summed E-state index contributed by atoms with van der Waals surface area (Å²) in [5.41, 5.74) is 4.50. The summed E-state index contributed by atoms with van der Waals surface area (Å²) in [6.45, 7) is 4.68. The van der Waals surface area contributed by atoms with E-state index in [9.17, 15) is 9.90 Å². The number of carbonyl (C=O) groups is 1. The maximum absolute atomic E-state index is 12.6. The molecule has 0 atom stereocenters. The van der Waals surface area contributed by atoms with Crippen LogP contribution in [0.2, 0.25) is 0 Å². The van der Waals surface area contributed by atoms with Crippen LogP contribution in [-0.2, 0) is 11.2 Å². The molecule has 0 radical (unpaired) electrons. The molecular weight excluding hydrogens is 414 g/mol. The lowest BCUT2D eigenvalue weighted by Crippen LogP contribution is -2.35. The average molecular weight is 450 g/mol. The van der Waals surface area contributed by atoms with E-state index in [4.69, 9.17) is 4.98 Å². The molecule has 176 valence electrons. The maximum atomic E-state index is 12.6. The maximum Gasteiger partial charge on any atom is 0.228 e. The molecule has 7 nitrogen and oxygen atoms in total. The molecule has 1 amide bonds. The van der Waals surface area contributed by atoms with Gasteiger partial charge in [-0.15, -0.1) is 0 Å². The van der Waals surface area contributed by atoms with Gasteiger partial charge in [0.15, 0.2) is 5.82 Å². The molecule has 2 fully saturated rings. The Morgan fingerprint density at radius 3 is 2.58 bits per heavy atom. The Balaban J connectivity index is 1.40. The van der Waals surface area contributed by atoms with Gasteiger partial charge >= 0.3 is 0 Å². The molecule has 0 spiro atoms. The van der Waals surface area contributed by atoms with Crippen molar-refractivity contribution < 1.29 is 9.90 Å². The first kappa shape index (κ1) is 22.1. The Labute approximate surface area is 196 Å². The summed E-state index contributed by atoms with van der Waals surface area (Å²) < 4.78 is 0. The number of anilines is 3. The number of hydrogen-bond acceptors (Lipinski definition) is 6. The molecule has 0 bridgehead atoms. The van der Waals surface area contributed by atoms with Gasteiger partial charge in [-0.25, -0.2) is 9.97 Å².